The second-order valence-corrected chi connectivity index (χ2v) is 12.3. The third kappa shape index (κ3) is 30.4. The minimum Gasteiger partial charge on any atom is -0.389 e. The lowest BCUT2D eigenvalue weighted by Crippen LogP contribution is -2.38. The molecule has 0 spiro atoms. The predicted octanol–water partition coefficient (Wildman–Crippen LogP) is 11.0. The average molecular weight is 540 g/mol. The van der Waals surface area contributed by atoms with Gasteiger partial charge < -0.3 is 15.6 Å². The van der Waals surface area contributed by atoms with Crippen LogP contribution >= 0.6 is 0 Å². The van der Waals surface area contributed by atoms with Gasteiger partial charge in [0.15, 0.2) is 0 Å². The van der Waals surface area contributed by atoms with Crippen molar-refractivity contribution in [3.63, 3.8) is 0 Å². The van der Waals surface area contributed by atoms with E-state index in [1.807, 2.05) is 0 Å². The number of aliphatic hydroxyl groups excluding tert-OH is 1. The molecule has 0 bridgehead atoms. The number of ether oxygens (including phenoxy) is 1. The highest BCUT2D eigenvalue weighted by atomic mass is 16.5. The molecule has 0 aliphatic rings. The van der Waals surface area contributed by atoms with E-state index in [2.05, 4.69) is 13.8 Å². The van der Waals surface area contributed by atoms with E-state index in [4.69, 9.17) is 10.5 Å². The summed E-state index contributed by atoms with van der Waals surface area (Å²) < 4.78 is 5.72. The van der Waals surface area contributed by atoms with Gasteiger partial charge in [-0.1, -0.05) is 187 Å². The van der Waals surface area contributed by atoms with Crippen LogP contribution in [0.25, 0.3) is 0 Å². The normalized spacial score (nSPS) is 13.3. The minimum atomic E-state index is -0.511. The smallest absolute Gasteiger partial charge is 0.0924 e. The van der Waals surface area contributed by atoms with Gasteiger partial charge in [0.1, 0.15) is 0 Å². The Balaban J connectivity index is 3.26. The number of rotatable bonds is 33. The zero-order chi connectivity index (χ0) is 27.8. The van der Waals surface area contributed by atoms with E-state index in [9.17, 15) is 5.11 Å². The minimum absolute atomic E-state index is 0.135. The summed E-state index contributed by atoms with van der Waals surface area (Å²) in [6.07, 6.45) is 38.9. The van der Waals surface area contributed by atoms with E-state index >= 15 is 0 Å². The molecule has 0 aromatic rings. The molecular weight excluding hydrogens is 466 g/mol. The Hall–Kier alpha value is -0.120. The molecule has 0 rings (SSSR count). The molecule has 38 heavy (non-hydrogen) atoms. The second kappa shape index (κ2) is 33.1. The van der Waals surface area contributed by atoms with E-state index in [1.54, 1.807) is 0 Å². The molecule has 0 radical (unpaired) electrons. The third-order valence-corrected chi connectivity index (χ3v) is 8.32. The van der Waals surface area contributed by atoms with Crippen LogP contribution < -0.4 is 5.73 Å². The molecule has 0 aromatic carbocycles. The summed E-state index contributed by atoms with van der Waals surface area (Å²) in [6, 6.07) is -0.135. The van der Waals surface area contributed by atoms with Crippen LogP contribution in [0.5, 0.6) is 0 Å². The largest absolute Gasteiger partial charge is 0.389 e. The summed E-state index contributed by atoms with van der Waals surface area (Å²) in [4.78, 5) is 0. The molecule has 0 heterocycles. The molecule has 0 aliphatic carbocycles. The molecule has 0 fully saturated rings. The Morgan fingerprint density at radius 3 is 1.08 bits per heavy atom. The first kappa shape index (κ1) is 37.9. The number of unbranched alkanes of at least 4 members (excludes halogenated alkanes) is 26. The molecule has 2 atom stereocenters. The molecule has 3 heteroatoms. The van der Waals surface area contributed by atoms with E-state index in [0.29, 0.717) is 6.61 Å². The fourth-order valence-electron chi connectivity index (χ4n) is 5.49. The van der Waals surface area contributed by atoms with Crippen molar-refractivity contribution in [1.29, 1.82) is 0 Å². The molecule has 3 nitrogen and oxygen atoms in total. The lowest BCUT2D eigenvalue weighted by atomic mass is 10.0. The van der Waals surface area contributed by atoms with Gasteiger partial charge in [-0.15, -0.1) is 0 Å². The standard InChI is InChI=1S/C35H73NO2/c1-3-5-7-9-11-13-15-17-19-21-23-25-27-29-31-34(36)35(37)33-38-32-30-28-26-24-22-20-18-16-14-12-10-8-6-4-2/h34-35,37H,3-33,36H2,1-2H3. The first-order valence-corrected chi connectivity index (χ1v) is 17.7. The van der Waals surface area contributed by atoms with Crippen LogP contribution in [0.1, 0.15) is 200 Å². The Morgan fingerprint density at radius 1 is 0.447 bits per heavy atom. The molecular formula is C35H73NO2. The van der Waals surface area contributed by atoms with Gasteiger partial charge in [0.05, 0.1) is 12.7 Å². The molecule has 0 aromatic heterocycles. The molecule has 0 amide bonds. The molecule has 3 N–H and O–H groups in total. The van der Waals surface area contributed by atoms with Gasteiger partial charge in [-0.2, -0.15) is 0 Å². The monoisotopic (exact) mass is 540 g/mol. The van der Waals surface area contributed by atoms with E-state index in [-0.39, 0.29) is 6.04 Å². The van der Waals surface area contributed by atoms with Crippen LogP contribution in [0.2, 0.25) is 0 Å². The van der Waals surface area contributed by atoms with Crippen LogP contribution in [0.4, 0.5) is 0 Å². The lowest BCUT2D eigenvalue weighted by molar-refractivity contribution is 0.0203. The van der Waals surface area contributed by atoms with Gasteiger partial charge in [-0.25, -0.2) is 0 Å². The fourth-order valence-corrected chi connectivity index (χ4v) is 5.49. The molecule has 2 unspecified atom stereocenters. The van der Waals surface area contributed by atoms with Crippen LogP contribution in [-0.4, -0.2) is 30.5 Å². The Bertz CT molecular complexity index is 417. The summed E-state index contributed by atoms with van der Waals surface area (Å²) in [6.45, 7) is 5.74. The molecule has 0 saturated carbocycles. The Labute approximate surface area is 240 Å². The van der Waals surface area contributed by atoms with Gasteiger partial charge in [0, 0.05) is 12.6 Å². The van der Waals surface area contributed by atoms with Crippen molar-refractivity contribution in [3.05, 3.63) is 0 Å². The van der Waals surface area contributed by atoms with Crippen molar-refractivity contribution < 1.29 is 9.84 Å². The second-order valence-electron chi connectivity index (χ2n) is 12.3. The van der Waals surface area contributed by atoms with Crippen molar-refractivity contribution in [2.24, 2.45) is 5.73 Å². The van der Waals surface area contributed by atoms with Crippen molar-refractivity contribution in [1.82, 2.24) is 0 Å². The maximum absolute atomic E-state index is 10.3. The van der Waals surface area contributed by atoms with E-state index < -0.39 is 6.10 Å². The van der Waals surface area contributed by atoms with Crippen molar-refractivity contribution in [2.45, 2.75) is 212 Å². The number of aliphatic hydroxyl groups is 1. The van der Waals surface area contributed by atoms with Crippen molar-refractivity contribution >= 4 is 0 Å². The van der Waals surface area contributed by atoms with Gasteiger partial charge in [0.2, 0.25) is 0 Å². The zero-order valence-corrected chi connectivity index (χ0v) is 26.5. The molecule has 230 valence electrons. The summed E-state index contributed by atoms with van der Waals surface area (Å²) in [5.74, 6) is 0. The van der Waals surface area contributed by atoms with Crippen molar-refractivity contribution in [3.8, 4) is 0 Å². The van der Waals surface area contributed by atoms with Gasteiger partial charge >= 0.3 is 0 Å². The predicted molar refractivity (Wildman–Crippen MR) is 170 cm³/mol. The Morgan fingerprint density at radius 2 is 0.737 bits per heavy atom. The van der Waals surface area contributed by atoms with Crippen LogP contribution in [0, 0.1) is 0 Å². The molecule has 0 saturated heterocycles. The topological polar surface area (TPSA) is 55.5 Å². The third-order valence-electron chi connectivity index (χ3n) is 8.32. The van der Waals surface area contributed by atoms with Crippen LogP contribution in [0.3, 0.4) is 0 Å². The zero-order valence-electron chi connectivity index (χ0n) is 26.5. The van der Waals surface area contributed by atoms with Crippen LogP contribution in [-0.2, 0) is 4.74 Å². The quantitative estimate of drug-likeness (QED) is 0.0815. The summed E-state index contributed by atoms with van der Waals surface area (Å²) in [7, 11) is 0. The molecule has 0 aliphatic heterocycles. The van der Waals surface area contributed by atoms with E-state index in [1.165, 1.54) is 167 Å². The maximum atomic E-state index is 10.3. The van der Waals surface area contributed by atoms with Gasteiger partial charge in [-0.3, -0.25) is 0 Å². The number of hydrogen-bond donors (Lipinski definition) is 2. The average Bonchev–Trinajstić information content (AvgIpc) is 2.92. The summed E-state index contributed by atoms with van der Waals surface area (Å²) in [5.41, 5.74) is 6.20. The highest BCUT2D eigenvalue weighted by Gasteiger charge is 2.14. The maximum Gasteiger partial charge on any atom is 0.0924 e. The first-order valence-electron chi connectivity index (χ1n) is 17.7. The van der Waals surface area contributed by atoms with Crippen molar-refractivity contribution in [2.75, 3.05) is 13.2 Å². The fraction of sp³-hybridized carbons (Fsp3) is 1.00. The Kier molecular flexibility index (Phi) is 33.0. The number of hydrogen-bond acceptors (Lipinski definition) is 3. The van der Waals surface area contributed by atoms with Gasteiger partial charge in [0.25, 0.3) is 0 Å². The highest BCUT2D eigenvalue weighted by molar-refractivity contribution is 4.71. The van der Waals surface area contributed by atoms with E-state index in [0.717, 1.165) is 25.9 Å². The number of nitrogens with two attached hydrogens (primary N) is 1. The van der Waals surface area contributed by atoms with Gasteiger partial charge in [-0.05, 0) is 12.8 Å². The lowest BCUT2D eigenvalue weighted by Gasteiger charge is -2.18. The first-order chi connectivity index (χ1) is 18.7. The SMILES string of the molecule is CCCCCCCCCCCCCCCCOCC(O)C(N)CCCCCCCCCCCCCCCC. The van der Waals surface area contributed by atoms with Crippen LogP contribution in [0.15, 0.2) is 0 Å². The highest BCUT2D eigenvalue weighted by Crippen LogP contribution is 2.15. The summed E-state index contributed by atoms with van der Waals surface area (Å²) >= 11 is 0. The summed E-state index contributed by atoms with van der Waals surface area (Å²) in [5, 5.41) is 10.3.